The third kappa shape index (κ3) is 7.02. The van der Waals surface area contributed by atoms with E-state index >= 15 is 0 Å². The Morgan fingerprint density at radius 3 is 1.33 bits per heavy atom. The smallest absolute Gasteiger partial charge is 0.134 e. The van der Waals surface area contributed by atoms with Crippen LogP contribution in [0.4, 0.5) is 0 Å². The van der Waals surface area contributed by atoms with Gasteiger partial charge in [0.15, 0.2) is 0 Å². The van der Waals surface area contributed by atoms with E-state index in [0.29, 0.717) is 12.1 Å². The summed E-state index contributed by atoms with van der Waals surface area (Å²) in [4.78, 5) is 0. The highest BCUT2D eigenvalue weighted by molar-refractivity contribution is 5.65. The van der Waals surface area contributed by atoms with Gasteiger partial charge in [-0.3, -0.25) is 10.6 Å². The first-order chi connectivity index (χ1) is 15.9. The molecule has 4 atom stereocenters. The highest BCUT2D eigenvalue weighted by Crippen LogP contribution is 2.29. The maximum atomic E-state index is 6.32. The van der Waals surface area contributed by atoms with Gasteiger partial charge in [-0.1, -0.05) is 75.2 Å². The molecule has 0 spiro atoms. The van der Waals surface area contributed by atoms with Gasteiger partial charge in [0.1, 0.15) is 11.5 Å². The summed E-state index contributed by atoms with van der Waals surface area (Å²) in [5, 5.41) is 6.90. The summed E-state index contributed by atoms with van der Waals surface area (Å²) >= 11 is 0. The largest absolute Gasteiger partial charge is 0.456 e. The first kappa shape index (κ1) is 25.2. The van der Waals surface area contributed by atoms with E-state index in [-0.39, 0.29) is 12.3 Å². The van der Waals surface area contributed by atoms with Crippen molar-refractivity contribution in [2.75, 3.05) is 0 Å². The molecule has 2 aromatic carbocycles. The average Bonchev–Trinajstić information content (AvgIpc) is 3.30. The highest BCUT2D eigenvalue weighted by Gasteiger charge is 2.13. The molecule has 0 unspecified atom stereocenters. The number of furan rings is 1. The van der Waals surface area contributed by atoms with Gasteiger partial charge in [-0.05, 0) is 49.9 Å². The molecular weight excluding hydrogens is 408 g/mol. The lowest BCUT2D eigenvalue weighted by molar-refractivity contribution is 0.441. The Hall–Kier alpha value is -2.44. The number of nitrogens with two attached hydrogens (primary N) is 2. The van der Waals surface area contributed by atoms with Crippen LogP contribution in [0.3, 0.4) is 0 Å². The maximum absolute atomic E-state index is 6.32. The molecule has 3 aromatic rings. The number of hydrogen-bond donors (Lipinski definition) is 4. The van der Waals surface area contributed by atoms with Crippen molar-refractivity contribution in [3.63, 3.8) is 0 Å². The third-order valence-corrected chi connectivity index (χ3v) is 6.09. The molecule has 5 nitrogen and oxygen atoms in total. The number of nitrogens with one attached hydrogen (secondary N) is 2. The second-order valence-corrected chi connectivity index (χ2v) is 9.08. The number of benzene rings is 2. The van der Waals surface area contributed by atoms with E-state index in [2.05, 4.69) is 86.9 Å². The molecule has 0 amide bonds. The molecule has 33 heavy (non-hydrogen) atoms. The van der Waals surface area contributed by atoms with Crippen LogP contribution >= 0.6 is 0 Å². The van der Waals surface area contributed by atoms with E-state index in [4.69, 9.17) is 15.9 Å². The van der Waals surface area contributed by atoms with Crippen LogP contribution in [0.25, 0.3) is 22.6 Å². The minimum absolute atomic E-state index is 0.169. The third-order valence-electron chi connectivity index (χ3n) is 6.09. The molecule has 0 saturated heterocycles. The van der Waals surface area contributed by atoms with Gasteiger partial charge in [-0.15, -0.1) is 0 Å². The minimum atomic E-state index is -0.169. The van der Waals surface area contributed by atoms with Crippen LogP contribution in [-0.4, -0.2) is 12.1 Å². The number of rotatable bonds is 12. The summed E-state index contributed by atoms with van der Waals surface area (Å²) in [5.74, 6) is 1.68. The molecule has 6 N–H and O–H groups in total. The Bertz CT molecular complexity index is 886. The predicted molar refractivity (Wildman–Crippen MR) is 138 cm³/mol. The molecule has 0 bridgehead atoms. The van der Waals surface area contributed by atoms with Crippen LogP contribution in [0.1, 0.15) is 76.8 Å². The standard InChI is InChI=1S/C28H40N4O/c1-5-7-19(3)31-27(29)23-13-9-21(10-14-23)25-17-18-26(33-25)22-11-15-24(16-12-22)28(30)32-20(4)8-6-2/h9-20,27-28,31-32H,5-8,29-30H2,1-4H3/t19-,20-,27+,28+/m1/s1. The average molecular weight is 449 g/mol. The number of hydrogen-bond acceptors (Lipinski definition) is 5. The Morgan fingerprint density at radius 1 is 0.636 bits per heavy atom. The zero-order valence-corrected chi connectivity index (χ0v) is 20.5. The molecule has 0 aliphatic carbocycles. The lowest BCUT2D eigenvalue weighted by Crippen LogP contribution is -2.35. The second kappa shape index (κ2) is 12.1. The molecule has 0 saturated carbocycles. The second-order valence-electron chi connectivity index (χ2n) is 9.08. The molecule has 3 rings (SSSR count). The van der Waals surface area contributed by atoms with E-state index < -0.39 is 0 Å². The van der Waals surface area contributed by atoms with Crippen LogP contribution in [0.5, 0.6) is 0 Å². The lowest BCUT2D eigenvalue weighted by atomic mass is 10.1. The topological polar surface area (TPSA) is 89.2 Å². The Morgan fingerprint density at radius 2 is 1.00 bits per heavy atom. The molecule has 0 radical (unpaired) electrons. The van der Waals surface area contributed by atoms with E-state index in [9.17, 15) is 0 Å². The summed E-state index contributed by atoms with van der Waals surface area (Å²) in [6.45, 7) is 8.72. The predicted octanol–water partition coefficient (Wildman–Crippen LogP) is 6.08. The van der Waals surface area contributed by atoms with Gasteiger partial charge < -0.3 is 15.9 Å². The zero-order valence-electron chi connectivity index (χ0n) is 20.5. The van der Waals surface area contributed by atoms with Crippen molar-refractivity contribution in [1.29, 1.82) is 0 Å². The first-order valence-corrected chi connectivity index (χ1v) is 12.2. The van der Waals surface area contributed by atoms with E-state index in [1.807, 2.05) is 12.1 Å². The normalized spacial score (nSPS) is 15.2. The molecule has 0 aliphatic rings. The lowest BCUT2D eigenvalue weighted by Gasteiger charge is -2.20. The van der Waals surface area contributed by atoms with Gasteiger partial charge in [0.2, 0.25) is 0 Å². The monoisotopic (exact) mass is 448 g/mol. The minimum Gasteiger partial charge on any atom is -0.456 e. The van der Waals surface area contributed by atoms with Crippen LogP contribution in [-0.2, 0) is 0 Å². The summed E-state index contributed by atoms with van der Waals surface area (Å²) < 4.78 is 6.16. The van der Waals surface area contributed by atoms with Gasteiger partial charge in [0.25, 0.3) is 0 Å². The van der Waals surface area contributed by atoms with Crippen LogP contribution in [0, 0.1) is 0 Å². The maximum Gasteiger partial charge on any atom is 0.134 e. The van der Waals surface area contributed by atoms with Crippen molar-refractivity contribution in [2.45, 2.75) is 77.8 Å². The molecule has 1 aromatic heterocycles. The summed E-state index contributed by atoms with van der Waals surface area (Å²) in [5.41, 5.74) is 16.9. The Kier molecular flexibility index (Phi) is 9.27. The molecule has 0 aliphatic heterocycles. The van der Waals surface area contributed by atoms with Gasteiger partial charge >= 0.3 is 0 Å². The fourth-order valence-corrected chi connectivity index (χ4v) is 4.20. The Labute approximate surface area is 198 Å². The summed E-state index contributed by atoms with van der Waals surface area (Å²) in [6, 6.07) is 21.3. The van der Waals surface area contributed by atoms with Crippen molar-refractivity contribution in [3.8, 4) is 22.6 Å². The van der Waals surface area contributed by atoms with Crippen molar-refractivity contribution in [1.82, 2.24) is 10.6 Å². The van der Waals surface area contributed by atoms with Crippen LogP contribution in [0.15, 0.2) is 65.1 Å². The summed E-state index contributed by atoms with van der Waals surface area (Å²) in [7, 11) is 0. The molecular formula is C28H40N4O. The van der Waals surface area contributed by atoms with Crippen LogP contribution in [0.2, 0.25) is 0 Å². The molecule has 0 fully saturated rings. The quantitative estimate of drug-likeness (QED) is 0.252. The van der Waals surface area contributed by atoms with E-state index in [0.717, 1.165) is 59.5 Å². The molecule has 178 valence electrons. The first-order valence-electron chi connectivity index (χ1n) is 12.2. The highest BCUT2D eigenvalue weighted by atomic mass is 16.3. The van der Waals surface area contributed by atoms with Gasteiger partial charge in [0, 0.05) is 23.2 Å². The summed E-state index contributed by atoms with van der Waals surface area (Å²) in [6.07, 6.45) is 4.18. The van der Waals surface area contributed by atoms with E-state index in [1.54, 1.807) is 0 Å². The van der Waals surface area contributed by atoms with Crippen LogP contribution < -0.4 is 22.1 Å². The SMILES string of the molecule is CCC[C@@H](C)N[C@H](N)c1ccc(-c2ccc(-c3ccc([C@@H](N)N[C@H](C)CCC)cc3)o2)cc1. The van der Waals surface area contributed by atoms with Crippen molar-refractivity contribution in [3.05, 3.63) is 71.8 Å². The molecule has 1 heterocycles. The van der Waals surface area contributed by atoms with E-state index in [1.165, 1.54) is 0 Å². The van der Waals surface area contributed by atoms with Crippen molar-refractivity contribution < 1.29 is 4.42 Å². The fraction of sp³-hybridized carbons (Fsp3) is 0.429. The fourth-order valence-electron chi connectivity index (χ4n) is 4.20. The zero-order chi connectivity index (χ0) is 23.8. The van der Waals surface area contributed by atoms with Crippen molar-refractivity contribution in [2.24, 2.45) is 11.5 Å². The van der Waals surface area contributed by atoms with Gasteiger partial charge in [0.05, 0.1) is 12.3 Å². The molecule has 5 heteroatoms. The Balaban J connectivity index is 1.64. The van der Waals surface area contributed by atoms with Gasteiger partial charge in [-0.25, -0.2) is 0 Å². The van der Waals surface area contributed by atoms with Crippen molar-refractivity contribution >= 4 is 0 Å². The van der Waals surface area contributed by atoms with Gasteiger partial charge in [-0.2, -0.15) is 0 Å².